The molecule has 0 aromatic heterocycles. The summed E-state index contributed by atoms with van der Waals surface area (Å²) in [7, 11) is 1.39. The van der Waals surface area contributed by atoms with Crippen LogP contribution in [-0.2, 0) is 9.53 Å². The molecule has 1 N–H and O–H groups in total. The quantitative estimate of drug-likeness (QED) is 0.803. The average molecular weight is 340 g/mol. The highest BCUT2D eigenvalue weighted by Gasteiger charge is 2.29. The van der Waals surface area contributed by atoms with Gasteiger partial charge in [0.25, 0.3) is 0 Å². The lowest BCUT2D eigenvalue weighted by Gasteiger charge is -2.31. The predicted octanol–water partition coefficient (Wildman–Crippen LogP) is 4.81. The van der Waals surface area contributed by atoms with Gasteiger partial charge in [-0.05, 0) is 44.1 Å². The number of carbonyl (C=O) groups is 1. The van der Waals surface area contributed by atoms with Crippen LogP contribution >= 0.6 is 23.2 Å². The van der Waals surface area contributed by atoms with E-state index in [0.717, 1.165) is 28.1 Å². The Kier molecular flexibility index (Phi) is 5.20. The molecule has 0 saturated carbocycles. The highest BCUT2D eigenvalue weighted by Crippen LogP contribution is 2.43. The van der Waals surface area contributed by atoms with Gasteiger partial charge in [-0.25, -0.2) is 0 Å². The Morgan fingerprint density at radius 2 is 1.77 bits per heavy atom. The number of halogens is 2. The third-order valence-electron chi connectivity index (χ3n) is 4.11. The van der Waals surface area contributed by atoms with E-state index in [0.29, 0.717) is 10.0 Å². The van der Waals surface area contributed by atoms with Gasteiger partial charge in [0.05, 0.1) is 13.5 Å². The summed E-state index contributed by atoms with van der Waals surface area (Å²) in [6, 6.07) is 5.50. The molecule has 118 valence electrons. The number of benzene rings is 1. The zero-order valence-corrected chi connectivity index (χ0v) is 14.6. The Morgan fingerprint density at radius 3 is 2.32 bits per heavy atom. The summed E-state index contributed by atoms with van der Waals surface area (Å²) >= 11 is 12.8. The minimum atomic E-state index is -0.279. The number of rotatable bonds is 3. The topological polar surface area (TPSA) is 38.3 Å². The number of esters is 1. The second-order valence-corrected chi connectivity index (χ2v) is 6.23. The summed E-state index contributed by atoms with van der Waals surface area (Å²) in [6.07, 6.45) is 0.200. The summed E-state index contributed by atoms with van der Waals surface area (Å²) in [5, 5.41) is 4.55. The number of nitrogens with one attached hydrogen (secondary N) is 1. The fraction of sp³-hybridized carbons (Fsp3) is 0.353. The third-order valence-corrected chi connectivity index (χ3v) is 4.77. The first kappa shape index (κ1) is 16.9. The van der Waals surface area contributed by atoms with Crippen molar-refractivity contribution >= 4 is 29.2 Å². The molecule has 0 bridgehead atoms. The van der Waals surface area contributed by atoms with E-state index in [-0.39, 0.29) is 18.3 Å². The molecule has 2 rings (SSSR count). The lowest BCUT2D eigenvalue weighted by Crippen LogP contribution is -2.26. The van der Waals surface area contributed by atoms with E-state index in [4.69, 9.17) is 27.9 Å². The Labute approximate surface area is 140 Å². The molecule has 1 unspecified atom stereocenters. The van der Waals surface area contributed by atoms with Gasteiger partial charge in [-0.1, -0.05) is 29.3 Å². The first-order valence-electron chi connectivity index (χ1n) is 7.01. The van der Waals surface area contributed by atoms with E-state index in [1.54, 1.807) is 0 Å². The SMILES string of the molecule is COC(=O)CC1=C(C)C(c2c(Cl)cccc2Cl)C(C)=C(C)N1. The number of ether oxygens (including phenoxy) is 1. The van der Waals surface area contributed by atoms with Crippen molar-refractivity contribution in [3.8, 4) is 0 Å². The van der Waals surface area contributed by atoms with Gasteiger partial charge >= 0.3 is 5.97 Å². The summed E-state index contributed by atoms with van der Waals surface area (Å²) < 4.78 is 4.77. The second kappa shape index (κ2) is 6.76. The van der Waals surface area contributed by atoms with E-state index in [9.17, 15) is 4.79 Å². The van der Waals surface area contributed by atoms with Gasteiger partial charge in [0, 0.05) is 32.9 Å². The number of dihydropyridines is 1. The minimum Gasteiger partial charge on any atom is -0.469 e. The first-order chi connectivity index (χ1) is 10.4. The molecule has 1 aromatic rings. The van der Waals surface area contributed by atoms with Crippen LogP contribution in [0.25, 0.3) is 0 Å². The number of allylic oxidation sites excluding steroid dienone is 3. The molecule has 0 amide bonds. The van der Waals surface area contributed by atoms with E-state index < -0.39 is 0 Å². The summed E-state index contributed by atoms with van der Waals surface area (Å²) in [5.74, 6) is -0.319. The Bertz CT molecular complexity index is 657. The molecule has 0 fully saturated rings. The molecular formula is C17H19Cl2NO2. The molecule has 0 saturated heterocycles. The van der Waals surface area contributed by atoms with Crippen LogP contribution in [0.3, 0.4) is 0 Å². The molecule has 0 radical (unpaired) electrons. The van der Waals surface area contributed by atoms with Crippen LogP contribution in [0.5, 0.6) is 0 Å². The molecule has 5 heteroatoms. The number of methoxy groups -OCH3 is 1. The molecule has 1 atom stereocenters. The first-order valence-corrected chi connectivity index (χ1v) is 7.77. The highest BCUT2D eigenvalue weighted by atomic mass is 35.5. The molecule has 0 aliphatic carbocycles. The van der Waals surface area contributed by atoms with Gasteiger partial charge in [-0.3, -0.25) is 4.79 Å². The van der Waals surface area contributed by atoms with Crippen molar-refractivity contribution in [2.75, 3.05) is 7.11 Å². The highest BCUT2D eigenvalue weighted by molar-refractivity contribution is 6.36. The van der Waals surface area contributed by atoms with Crippen molar-refractivity contribution < 1.29 is 9.53 Å². The molecular weight excluding hydrogens is 321 g/mol. The molecule has 1 aliphatic heterocycles. The maximum absolute atomic E-state index is 11.6. The van der Waals surface area contributed by atoms with Crippen molar-refractivity contribution in [1.29, 1.82) is 0 Å². The predicted molar refractivity (Wildman–Crippen MR) is 90.0 cm³/mol. The van der Waals surface area contributed by atoms with Crippen LogP contribution in [-0.4, -0.2) is 13.1 Å². The maximum atomic E-state index is 11.6. The lowest BCUT2D eigenvalue weighted by molar-refractivity contribution is -0.139. The van der Waals surface area contributed by atoms with Gasteiger partial charge in [-0.15, -0.1) is 0 Å². The standard InChI is InChI=1S/C17H19Cl2NO2/c1-9-11(3)20-14(8-15(21)22-4)10(2)16(9)17-12(18)6-5-7-13(17)19/h5-7,16,20H,8H2,1-4H3. The Morgan fingerprint density at radius 1 is 1.18 bits per heavy atom. The Balaban J connectivity index is 2.55. The van der Waals surface area contributed by atoms with E-state index in [1.165, 1.54) is 7.11 Å². The van der Waals surface area contributed by atoms with Gasteiger partial charge in [0.15, 0.2) is 0 Å². The van der Waals surface area contributed by atoms with Gasteiger partial charge < -0.3 is 10.1 Å². The molecule has 1 aliphatic rings. The zero-order chi connectivity index (χ0) is 16.4. The second-order valence-electron chi connectivity index (χ2n) is 5.42. The third kappa shape index (κ3) is 3.16. The molecule has 0 spiro atoms. The van der Waals surface area contributed by atoms with Crippen molar-refractivity contribution in [3.63, 3.8) is 0 Å². The van der Waals surface area contributed by atoms with E-state index in [2.05, 4.69) is 5.32 Å². The van der Waals surface area contributed by atoms with Gasteiger partial charge in [0.1, 0.15) is 0 Å². The number of hydrogen-bond acceptors (Lipinski definition) is 3. The van der Waals surface area contributed by atoms with Crippen LogP contribution in [0.4, 0.5) is 0 Å². The normalized spacial score (nSPS) is 18.4. The van der Waals surface area contributed by atoms with Crippen LogP contribution in [0.15, 0.2) is 40.7 Å². The smallest absolute Gasteiger partial charge is 0.311 e. The van der Waals surface area contributed by atoms with Crippen LogP contribution in [0.2, 0.25) is 10.0 Å². The average Bonchev–Trinajstić information content (AvgIpc) is 2.47. The summed E-state index contributed by atoms with van der Waals surface area (Å²) in [4.78, 5) is 11.6. The zero-order valence-electron chi connectivity index (χ0n) is 13.1. The fourth-order valence-electron chi connectivity index (χ4n) is 2.76. The van der Waals surface area contributed by atoms with Crippen LogP contribution in [0, 0.1) is 0 Å². The van der Waals surface area contributed by atoms with Gasteiger partial charge in [0.2, 0.25) is 0 Å². The van der Waals surface area contributed by atoms with E-state index in [1.807, 2.05) is 39.0 Å². The number of carbonyl (C=O) groups excluding carboxylic acids is 1. The van der Waals surface area contributed by atoms with Gasteiger partial charge in [-0.2, -0.15) is 0 Å². The minimum absolute atomic E-state index is 0.0397. The van der Waals surface area contributed by atoms with Crippen LogP contribution in [0.1, 0.15) is 38.7 Å². The van der Waals surface area contributed by atoms with Crippen molar-refractivity contribution in [2.45, 2.75) is 33.1 Å². The molecule has 22 heavy (non-hydrogen) atoms. The largest absolute Gasteiger partial charge is 0.469 e. The van der Waals surface area contributed by atoms with Crippen molar-refractivity contribution in [1.82, 2.24) is 5.32 Å². The summed E-state index contributed by atoms with van der Waals surface area (Å²) in [6.45, 7) is 6.02. The lowest BCUT2D eigenvalue weighted by atomic mass is 9.81. The number of hydrogen-bond donors (Lipinski definition) is 1. The molecule has 3 nitrogen and oxygen atoms in total. The molecule has 1 heterocycles. The van der Waals surface area contributed by atoms with Crippen LogP contribution < -0.4 is 5.32 Å². The monoisotopic (exact) mass is 339 g/mol. The van der Waals surface area contributed by atoms with E-state index >= 15 is 0 Å². The van der Waals surface area contributed by atoms with Crippen molar-refractivity contribution in [2.24, 2.45) is 0 Å². The Hall–Kier alpha value is -1.45. The fourth-order valence-corrected chi connectivity index (χ4v) is 3.37. The summed E-state index contributed by atoms with van der Waals surface area (Å²) in [5.41, 5.74) is 4.90. The maximum Gasteiger partial charge on any atom is 0.311 e. The molecule has 1 aromatic carbocycles. The van der Waals surface area contributed by atoms with Crippen molar-refractivity contribution in [3.05, 3.63) is 56.3 Å².